The Hall–Kier alpha value is -2.80. The Morgan fingerprint density at radius 2 is 1.73 bits per heavy atom. The van der Waals surface area contributed by atoms with Crippen molar-refractivity contribution < 1.29 is 0 Å². The predicted octanol–water partition coefficient (Wildman–Crippen LogP) is 4.26. The second-order valence-electron chi connectivity index (χ2n) is 5.65. The summed E-state index contributed by atoms with van der Waals surface area (Å²) >= 11 is 12.2. The van der Waals surface area contributed by atoms with Gasteiger partial charge in [-0.2, -0.15) is 9.97 Å². The van der Waals surface area contributed by atoms with Crippen LogP contribution in [-0.2, 0) is 0 Å². The molecule has 0 aliphatic rings. The van der Waals surface area contributed by atoms with Crippen molar-refractivity contribution in [1.82, 2.24) is 14.5 Å². The number of aromatic nitrogens is 3. The van der Waals surface area contributed by atoms with Crippen molar-refractivity contribution in [3.05, 3.63) is 64.8 Å². The Bertz CT molecular complexity index is 1110. The highest BCUT2D eigenvalue weighted by atomic mass is 35.5. The second-order valence-corrected chi connectivity index (χ2v) is 6.47. The van der Waals surface area contributed by atoms with Crippen molar-refractivity contribution in [2.24, 2.45) is 5.84 Å². The van der Waals surface area contributed by atoms with Crippen LogP contribution in [0.4, 0.5) is 11.8 Å². The highest BCUT2D eigenvalue weighted by Crippen LogP contribution is 2.36. The topological polar surface area (TPSA) is 94.8 Å². The third-order valence-corrected chi connectivity index (χ3v) is 4.81. The summed E-state index contributed by atoms with van der Waals surface area (Å²) in [5, 5.41) is 1.67. The molecule has 0 atom stereocenters. The number of hydrogen-bond donors (Lipinski definition) is 3. The highest BCUT2D eigenvalue weighted by Gasteiger charge is 2.18. The van der Waals surface area contributed by atoms with Crippen LogP contribution >= 0.6 is 23.2 Å². The van der Waals surface area contributed by atoms with Gasteiger partial charge in [0.05, 0.1) is 15.4 Å². The average molecular weight is 385 g/mol. The fraction of sp³-hybridized carbons (Fsp3) is 0. The molecule has 2 heterocycles. The van der Waals surface area contributed by atoms with E-state index in [4.69, 9.17) is 34.8 Å². The van der Waals surface area contributed by atoms with Crippen LogP contribution < -0.4 is 17.0 Å². The summed E-state index contributed by atoms with van der Waals surface area (Å²) in [5.41, 5.74) is 12.0. The Morgan fingerprint density at radius 3 is 2.42 bits per heavy atom. The van der Waals surface area contributed by atoms with Crippen molar-refractivity contribution in [3.8, 4) is 16.8 Å². The van der Waals surface area contributed by atoms with Gasteiger partial charge >= 0.3 is 0 Å². The van der Waals surface area contributed by atoms with Crippen LogP contribution in [0.5, 0.6) is 0 Å². The number of halogens is 2. The smallest absolute Gasteiger partial charge is 0.241 e. The Kier molecular flexibility index (Phi) is 4.16. The molecule has 0 bridgehead atoms. The molecule has 0 fully saturated rings. The molecule has 8 heteroatoms. The maximum atomic E-state index is 6.21. The first-order chi connectivity index (χ1) is 12.6. The van der Waals surface area contributed by atoms with E-state index in [1.807, 2.05) is 47.2 Å². The molecule has 6 nitrogen and oxygen atoms in total. The van der Waals surface area contributed by atoms with Crippen LogP contribution in [0, 0.1) is 0 Å². The monoisotopic (exact) mass is 384 g/mol. The SMILES string of the molecule is NNc1nc(N)c2c(-c3ccccc3)cn(-c3ccc(Cl)c(Cl)c3)c2n1. The number of nitrogen functional groups attached to an aromatic ring is 2. The molecule has 0 spiro atoms. The molecule has 5 N–H and O–H groups in total. The third kappa shape index (κ3) is 2.74. The van der Waals surface area contributed by atoms with Gasteiger partial charge in [0.15, 0.2) is 5.65 Å². The Balaban J connectivity index is 2.06. The number of nitrogens with zero attached hydrogens (tertiary/aromatic N) is 3. The van der Waals surface area contributed by atoms with E-state index in [2.05, 4.69) is 15.4 Å². The zero-order chi connectivity index (χ0) is 18.3. The van der Waals surface area contributed by atoms with E-state index < -0.39 is 0 Å². The maximum absolute atomic E-state index is 6.21. The predicted molar refractivity (Wildman–Crippen MR) is 107 cm³/mol. The van der Waals surface area contributed by atoms with Crippen molar-refractivity contribution in [2.75, 3.05) is 11.2 Å². The molecular weight excluding hydrogens is 371 g/mol. The van der Waals surface area contributed by atoms with Crippen molar-refractivity contribution in [2.45, 2.75) is 0 Å². The number of benzene rings is 2. The molecule has 0 aliphatic heterocycles. The minimum Gasteiger partial charge on any atom is -0.383 e. The Morgan fingerprint density at radius 1 is 0.962 bits per heavy atom. The first kappa shape index (κ1) is 16.7. The van der Waals surface area contributed by atoms with Crippen molar-refractivity contribution in [1.29, 1.82) is 0 Å². The summed E-state index contributed by atoms with van der Waals surface area (Å²) in [6.07, 6.45) is 1.95. The largest absolute Gasteiger partial charge is 0.383 e. The lowest BCUT2D eigenvalue weighted by molar-refractivity contribution is 1.07. The number of hydrogen-bond acceptors (Lipinski definition) is 5. The number of hydrazine groups is 1. The molecule has 0 saturated heterocycles. The molecule has 0 unspecified atom stereocenters. The van der Waals surface area contributed by atoms with Gasteiger partial charge in [0.25, 0.3) is 0 Å². The summed E-state index contributed by atoms with van der Waals surface area (Å²) < 4.78 is 1.89. The number of fused-ring (bicyclic) bond motifs is 1. The maximum Gasteiger partial charge on any atom is 0.241 e. The van der Waals surface area contributed by atoms with E-state index in [0.717, 1.165) is 22.2 Å². The van der Waals surface area contributed by atoms with Gasteiger partial charge in [0, 0.05) is 17.4 Å². The zero-order valence-corrected chi connectivity index (χ0v) is 15.0. The lowest BCUT2D eigenvalue weighted by atomic mass is 10.1. The number of nitrogens with two attached hydrogens (primary N) is 2. The minimum atomic E-state index is 0.231. The second kappa shape index (κ2) is 6.49. The highest BCUT2D eigenvalue weighted by molar-refractivity contribution is 6.42. The summed E-state index contributed by atoms with van der Waals surface area (Å²) in [5.74, 6) is 6.05. The molecule has 4 aromatic rings. The minimum absolute atomic E-state index is 0.231. The molecule has 26 heavy (non-hydrogen) atoms. The number of rotatable bonds is 3. The first-order valence-electron chi connectivity index (χ1n) is 7.74. The number of anilines is 2. The van der Waals surface area contributed by atoms with Gasteiger partial charge in [-0.1, -0.05) is 53.5 Å². The molecule has 0 amide bonds. The number of nitrogens with one attached hydrogen (secondary N) is 1. The summed E-state index contributed by atoms with van der Waals surface area (Å²) in [6.45, 7) is 0. The molecule has 130 valence electrons. The van der Waals surface area contributed by atoms with Gasteiger partial charge < -0.3 is 10.3 Å². The Labute approximate surface area is 159 Å². The summed E-state index contributed by atoms with van der Waals surface area (Å²) in [7, 11) is 0. The van der Waals surface area contributed by atoms with E-state index in [1.54, 1.807) is 12.1 Å². The van der Waals surface area contributed by atoms with Crippen molar-refractivity contribution in [3.63, 3.8) is 0 Å². The molecule has 4 rings (SSSR count). The van der Waals surface area contributed by atoms with Gasteiger partial charge in [-0.25, -0.2) is 5.84 Å². The fourth-order valence-corrected chi connectivity index (χ4v) is 3.18. The van der Waals surface area contributed by atoms with Crippen LogP contribution in [0.15, 0.2) is 54.7 Å². The zero-order valence-electron chi connectivity index (χ0n) is 13.4. The molecule has 2 aromatic heterocycles. The lowest BCUT2D eigenvalue weighted by Gasteiger charge is -2.07. The standard InChI is InChI=1S/C18H14Cl2N6/c19-13-7-6-11(8-14(13)20)26-9-12(10-4-2-1-3-5-10)15-16(21)23-18(25-22)24-17(15)26/h1-9H,22H2,(H3,21,23,24,25). The molecule has 0 saturated carbocycles. The van der Waals surface area contributed by atoms with Gasteiger partial charge in [-0.15, -0.1) is 0 Å². The van der Waals surface area contributed by atoms with Crippen molar-refractivity contribution >= 4 is 46.0 Å². The summed E-state index contributed by atoms with van der Waals surface area (Å²) in [4.78, 5) is 8.70. The van der Waals surface area contributed by atoms with Gasteiger partial charge in [0.1, 0.15) is 5.82 Å². The van der Waals surface area contributed by atoms with E-state index >= 15 is 0 Å². The van der Waals surface area contributed by atoms with Crippen LogP contribution in [0.1, 0.15) is 0 Å². The lowest BCUT2D eigenvalue weighted by Crippen LogP contribution is -2.12. The quantitative estimate of drug-likeness (QED) is 0.362. The van der Waals surface area contributed by atoms with E-state index in [9.17, 15) is 0 Å². The molecule has 2 aromatic carbocycles. The van der Waals surface area contributed by atoms with Crippen LogP contribution in [0.25, 0.3) is 27.8 Å². The van der Waals surface area contributed by atoms with Gasteiger partial charge in [0.2, 0.25) is 5.95 Å². The first-order valence-corrected chi connectivity index (χ1v) is 8.50. The average Bonchev–Trinajstić information content (AvgIpc) is 3.05. The fourth-order valence-electron chi connectivity index (χ4n) is 2.89. The van der Waals surface area contributed by atoms with E-state index in [-0.39, 0.29) is 5.95 Å². The molecule has 0 aliphatic carbocycles. The van der Waals surface area contributed by atoms with Crippen LogP contribution in [-0.4, -0.2) is 14.5 Å². The van der Waals surface area contributed by atoms with Crippen LogP contribution in [0.3, 0.4) is 0 Å². The molecule has 0 radical (unpaired) electrons. The normalized spacial score (nSPS) is 11.0. The van der Waals surface area contributed by atoms with Gasteiger partial charge in [-0.05, 0) is 23.8 Å². The van der Waals surface area contributed by atoms with Crippen LogP contribution in [0.2, 0.25) is 10.0 Å². The van der Waals surface area contributed by atoms with E-state index in [0.29, 0.717) is 21.5 Å². The summed E-state index contributed by atoms with van der Waals surface area (Å²) in [6, 6.07) is 15.3. The third-order valence-electron chi connectivity index (χ3n) is 4.07. The van der Waals surface area contributed by atoms with Gasteiger partial charge in [-0.3, -0.25) is 5.43 Å². The van der Waals surface area contributed by atoms with E-state index in [1.165, 1.54) is 0 Å². The molecular formula is C18H14Cl2N6.